The molecule has 0 saturated carbocycles. The molecule has 0 atom stereocenters. The summed E-state index contributed by atoms with van der Waals surface area (Å²) in [4.78, 5) is 0. The highest BCUT2D eigenvalue weighted by Gasteiger charge is 2.16. The molecule has 2 aromatic rings. The summed E-state index contributed by atoms with van der Waals surface area (Å²) in [7, 11) is 3.46. The third-order valence-electron chi connectivity index (χ3n) is 4.05. The van der Waals surface area contributed by atoms with E-state index in [9.17, 15) is 0 Å². The fourth-order valence-electron chi connectivity index (χ4n) is 2.81. The van der Waals surface area contributed by atoms with Gasteiger partial charge in [-0.05, 0) is 48.6 Å². The Morgan fingerprint density at radius 1 is 0.909 bits per heavy atom. The lowest BCUT2D eigenvalue weighted by Crippen LogP contribution is -1.97. The summed E-state index contributed by atoms with van der Waals surface area (Å²) < 4.78 is 11.3. The third kappa shape index (κ3) is 3.62. The molecule has 0 aliphatic heterocycles. The molecule has 22 heavy (non-hydrogen) atoms. The van der Waals surface area contributed by atoms with Crippen LogP contribution in [0.15, 0.2) is 36.4 Å². The van der Waals surface area contributed by atoms with E-state index in [1.807, 2.05) is 0 Å². The van der Waals surface area contributed by atoms with Crippen LogP contribution in [0.25, 0.3) is 11.1 Å². The molecular formula is C20H26O2. The second-order valence-electron chi connectivity index (χ2n) is 5.65. The maximum absolute atomic E-state index is 5.66. The molecule has 0 aliphatic rings. The monoisotopic (exact) mass is 298 g/mol. The zero-order chi connectivity index (χ0) is 15.9. The van der Waals surface area contributed by atoms with E-state index >= 15 is 0 Å². The summed E-state index contributed by atoms with van der Waals surface area (Å²) >= 11 is 0. The first kappa shape index (κ1) is 16.4. The van der Waals surface area contributed by atoms with Crippen molar-refractivity contribution >= 4 is 0 Å². The molecule has 0 unspecified atom stereocenters. The molecule has 0 aromatic heterocycles. The summed E-state index contributed by atoms with van der Waals surface area (Å²) in [6.45, 7) is 4.34. The number of hydrogen-bond acceptors (Lipinski definition) is 2. The maximum atomic E-state index is 5.66. The molecule has 2 nitrogen and oxygen atoms in total. The number of aryl methyl sites for hydroxylation is 2. The van der Waals surface area contributed by atoms with E-state index in [-0.39, 0.29) is 0 Å². The number of rotatable bonds is 7. The Bertz CT molecular complexity index is 592. The summed E-state index contributed by atoms with van der Waals surface area (Å²) in [6.07, 6.45) is 4.75. The number of hydrogen-bond donors (Lipinski definition) is 0. The van der Waals surface area contributed by atoms with Gasteiger partial charge >= 0.3 is 0 Å². The number of methoxy groups -OCH3 is 2. The highest BCUT2D eigenvalue weighted by molar-refractivity contribution is 5.79. The Labute approximate surface area is 134 Å². The topological polar surface area (TPSA) is 18.5 Å². The van der Waals surface area contributed by atoms with E-state index in [0.717, 1.165) is 29.0 Å². The molecule has 0 amide bonds. The van der Waals surface area contributed by atoms with Crippen molar-refractivity contribution in [2.24, 2.45) is 0 Å². The Kier molecular flexibility index (Phi) is 5.88. The minimum Gasteiger partial charge on any atom is -0.496 e. The molecule has 0 bridgehead atoms. The minimum absolute atomic E-state index is 0.889. The van der Waals surface area contributed by atoms with E-state index in [0.29, 0.717) is 0 Å². The van der Waals surface area contributed by atoms with Crippen LogP contribution in [0.2, 0.25) is 0 Å². The van der Waals surface area contributed by atoms with Gasteiger partial charge in [-0.2, -0.15) is 0 Å². The number of unbranched alkanes of at least 4 members (excludes halogenated alkanes) is 2. The molecule has 2 heteroatoms. The number of ether oxygens (including phenoxy) is 2. The molecule has 2 rings (SSSR count). The second kappa shape index (κ2) is 7.88. The van der Waals surface area contributed by atoms with Crippen LogP contribution in [-0.2, 0) is 6.42 Å². The summed E-state index contributed by atoms with van der Waals surface area (Å²) in [6, 6.07) is 12.6. The standard InChI is InChI=1S/C20H26O2/c1-5-6-7-11-16-13-18(21-3)20(19(14-16)22-4)17-12-9-8-10-15(17)2/h8-10,12-14H,5-7,11H2,1-4H3. The highest BCUT2D eigenvalue weighted by atomic mass is 16.5. The molecule has 118 valence electrons. The second-order valence-corrected chi connectivity index (χ2v) is 5.65. The summed E-state index contributed by atoms with van der Waals surface area (Å²) in [5.74, 6) is 1.78. The molecule has 0 heterocycles. The van der Waals surface area contributed by atoms with Gasteiger partial charge in [0.05, 0.1) is 19.8 Å². The van der Waals surface area contributed by atoms with Crippen molar-refractivity contribution in [3.05, 3.63) is 47.5 Å². The van der Waals surface area contributed by atoms with Gasteiger partial charge < -0.3 is 9.47 Å². The normalized spacial score (nSPS) is 10.5. The van der Waals surface area contributed by atoms with Gasteiger partial charge in [0.1, 0.15) is 11.5 Å². The predicted octanol–water partition coefficient (Wildman–Crippen LogP) is 5.41. The minimum atomic E-state index is 0.889. The van der Waals surface area contributed by atoms with Crippen LogP contribution < -0.4 is 9.47 Å². The van der Waals surface area contributed by atoms with Crippen molar-refractivity contribution in [2.75, 3.05) is 14.2 Å². The van der Waals surface area contributed by atoms with Crippen LogP contribution in [0.5, 0.6) is 11.5 Å². The highest BCUT2D eigenvalue weighted by Crippen LogP contribution is 2.41. The van der Waals surface area contributed by atoms with Gasteiger partial charge in [-0.25, -0.2) is 0 Å². The van der Waals surface area contributed by atoms with Crippen molar-refractivity contribution in [1.82, 2.24) is 0 Å². The van der Waals surface area contributed by atoms with Gasteiger partial charge in [-0.3, -0.25) is 0 Å². The van der Waals surface area contributed by atoms with Crippen LogP contribution in [0.3, 0.4) is 0 Å². The molecular weight excluding hydrogens is 272 g/mol. The largest absolute Gasteiger partial charge is 0.496 e. The van der Waals surface area contributed by atoms with Crippen molar-refractivity contribution in [3.63, 3.8) is 0 Å². The van der Waals surface area contributed by atoms with Crippen molar-refractivity contribution in [2.45, 2.75) is 39.5 Å². The van der Waals surface area contributed by atoms with Crippen molar-refractivity contribution in [1.29, 1.82) is 0 Å². The van der Waals surface area contributed by atoms with Gasteiger partial charge in [-0.15, -0.1) is 0 Å². The average molecular weight is 298 g/mol. The van der Waals surface area contributed by atoms with Crippen LogP contribution in [-0.4, -0.2) is 14.2 Å². The quantitative estimate of drug-likeness (QED) is 0.636. The summed E-state index contributed by atoms with van der Waals surface area (Å²) in [5.41, 5.74) is 4.70. The summed E-state index contributed by atoms with van der Waals surface area (Å²) in [5, 5.41) is 0. The lowest BCUT2D eigenvalue weighted by Gasteiger charge is -2.17. The Hall–Kier alpha value is -1.96. The van der Waals surface area contributed by atoms with Gasteiger partial charge in [0, 0.05) is 0 Å². The van der Waals surface area contributed by atoms with Crippen molar-refractivity contribution < 1.29 is 9.47 Å². The first-order valence-corrected chi connectivity index (χ1v) is 8.02. The first-order valence-electron chi connectivity index (χ1n) is 8.02. The smallest absolute Gasteiger partial charge is 0.130 e. The third-order valence-corrected chi connectivity index (χ3v) is 4.05. The van der Waals surface area contributed by atoms with E-state index in [1.54, 1.807) is 14.2 Å². The lowest BCUT2D eigenvalue weighted by molar-refractivity contribution is 0.396. The SMILES string of the molecule is CCCCCc1cc(OC)c(-c2ccccc2C)c(OC)c1. The average Bonchev–Trinajstić information content (AvgIpc) is 2.55. The molecule has 0 spiro atoms. The molecule has 0 fully saturated rings. The Balaban J connectivity index is 2.47. The number of benzene rings is 2. The van der Waals surface area contributed by atoms with E-state index in [1.165, 1.54) is 30.4 Å². The van der Waals surface area contributed by atoms with E-state index in [2.05, 4.69) is 50.2 Å². The first-order chi connectivity index (χ1) is 10.7. The Morgan fingerprint density at radius 3 is 2.09 bits per heavy atom. The predicted molar refractivity (Wildman–Crippen MR) is 92.9 cm³/mol. The molecule has 0 saturated heterocycles. The van der Waals surface area contributed by atoms with Crippen molar-refractivity contribution in [3.8, 4) is 22.6 Å². The van der Waals surface area contributed by atoms with Crippen LogP contribution in [0.1, 0.15) is 37.3 Å². The molecule has 2 aromatic carbocycles. The van der Waals surface area contributed by atoms with E-state index < -0.39 is 0 Å². The van der Waals surface area contributed by atoms with Gasteiger partial charge in [-0.1, -0.05) is 44.0 Å². The zero-order valence-corrected chi connectivity index (χ0v) is 14.1. The van der Waals surface area contributed by atoms with Gasteiger partial charge in [0.2, 0.25) is 0 Å². The van der Waals surface area contributed by atoms with Gasteiger partial charge in [0.25, 0.3) is 0 Å². The van der Waals surface area contributed by atoms with Gasteiger partial charge in [0.15, 0.2) is 0 Å². The van der Waals surface area contributed by atoms with Crippen LogP contribution >= 0.6 is 0 Å². The molecule has 0 radical (unpaired) electrons. The lowest BCUT2D eigenvalue weighted by atomic mass is 9.96. The Morgan fingerprint density at radius 2 is 1.55 bits per heavy atom. The van der Waals surface area contributed by atoms with E-state index in [4.69, 9.17) is 9.47 Å². The molecule has 0 N–H and O–H groups in total. The zero-order valence-electron chi connectivity index (χ0n) is 14.1. The van der Waals surface area contributed by atoms with Crippen LogP contribution in [0, 0.1) is 6.92 Å². The van der Waals surface area contributed by atoms with Crippen LogP contribution in [0.4, 0.5) is 0 Å². The molecule has 0 aliphatic carbocycles. The fourth-order valence-corrected chi connectivity index (χ4v) is 2.81. The fraction of sp³-hybridized carbons (Fsp3) is 0.400. The maximum Gasteiger partial charge on any atom is 0.130 e.